The van der Waals surface area contributed by atoms with E-state index in [1.54, 1.807) is 30.3 Å². The second kappa shape index (κ2) is 13.7. The summed E-state index contributed by atoms with van der Waals surface area (Å²) in [5.74, 6) is 0.366. The molecule has 0 heterocycles. The van der Waals surface area contributed by atoms with Crippen LogP contribution in [0.1, 0.15) is 29.8 Å². The third-order valence-electron chi connectivity index (χ3n) is 4.15. The highest BCUT2D eigenvalue weighted by atomic mass is 127. The summed E-state index contributed by atoms with van der Waals surface area (Å²) in [4.78, 5) is 16.5. The van der Waals surface area contributed by atoms with Gasteiger partial charge in [0, 0.05) is 6.54 Å². The first-order valence-electron chi connectivity index (χ1n) is 9.67. The van der Waals surface area contributed by atoms with Gasteiger partial charge in [0.15, 0.2) is 17.5 Å². The molecule has 2 aromatic carbocycles. The average Bonchev–Trinajstić information content (AvgIpc) is 2.76. The van der Waals surface area contributed by atoms with Crippen LogP contribution in [-0.2, 0) is 11.3 Å². The lowest BCUT2D eigenvalue weighted by Crippen LogP contribution is -2.41. The van der Waals surface area contributed by atoms with E-state index in [0.29, 0.717) is 36.9 Å². The summed E-state index contributed by atoms with van der Waals surface area (Å²) in [6.45, 7) is 5.24. The summed E-state index contributed by atoms with van der Waals surface area (Å²) < 4.78 is 29.4. The number of carbonyl (C=O) groups excluding carboxylic acids is 1. The molecule has 2 rings (SSSR count). The minimum absolute atomic E-state index is 0. The number of benzene rings is 2. The summed E-state index contributed by atoms with van der Waals surface area (Å²) in [7, 11) is 2.82. The molecule has 0 radical (unpaired) electrons. The van der Waals surface area contributed by atoms with Gasteiger partial charge in [0.25, 0.3) is 0 Å². The summed E-state index contributed by atoms with van der Waals surface area (Å²) in [6.07, 6.45) is -0.280. The van der Waals surface area contributed by atoms with Gasteiger partial charge in [-0.2, -0.15) is 0 Å². The maximum absolute atomic E-state index is 13.7. The first kappa shape index (κ1) is 26.5. The number of methoxy groups -OCH3 is 2. The van der Waals surface area contributed by atoms with E-state index in [0.717, 1.165) is 5.56 Å². The molecule has 31 heavy (non-hydrogen) atoms. The summed E-state index contributed by atoms with van der Waals surface area (Å²) in [5.41, 5.74) is 1.17. The topological polar surface area (TPSA) is 81.2 Å². The van der Waals surface area contributed by atoms with Crippen molar-refractivity contribution >= 4 is 35.9 Å². The lowest BCUT2D eigenvalue weighted by Gasteiger charge is -2.18. The van der Waals surface area contributed by atoms with Crippen LogP contribution in [0.2, 0.25) is 0 Å². The van der Waals surface area contributed by atoms with Crippen molar-refractivity contribution in [2.45, 2.75) is 26.5 Å². The molecule has 7 nitrogen and oxygen atoms in total. The molecule has 0 saturated heterocycles. The molecule has 170 valence electrons. The number of ether oxygens (including phenoxy) is 3. The molecule has 0 saturated carbocycles. The predicted molar refractivity (Wildman–Crippen MR) is 129 cm³/mol. The first-order chi connectivity index (χ1) is 14.5. The van der Waals surface area contributed by atoms with Crippen molar-refractivity contribution in [3.8, 4) is 11.5 Å². The van der Waals surface area contributed by atoms with Crippen LogP contribution in [0.25, 0.3) is 0 Å². The maximum atomic E-state index is 13.7. The molecular weight excluding hydrogens is 516 g/mol. The zero-order valence-electron chi connectivity index (χ0n) is 18.1. The number of esters is 1. The average molecular weight is 545 g/mol. The highest BCUT2D eigenvalue weighted by Gasteiger charge is 2.13. The monoisotopic (exact) mass is 545 g/mol. The number of carbonyl (C=O) groups is 1. The molecule has 2 aromatic rings. The van der Waals surface area contributed by atoms with E-state index in [-0.39, 0.29) is 35.8 Å². The normalized spacial score (nSPS) is 11.7. The number of aliphatic imine (C=N–C) groups is 1. The van der Waals surface area contributed by atoms with Crippen molar-refractivity contribution < 1.29 is 23.4 Å². The van der Waals surface area contributed by atoms with E-state index in [9.17, 15) is 9.18 Å². The van der Waals surface area contributed by atoms with Gasteiger partial charge in [0.2, 0.25) is 0 Å². The quantitative estimate of drug-likeness (QED) is 0.216. The molecule has 0 aliphatic carbocycles. The van der Waals surface area contributed by atoms with Gasteiger partial charge in [0.1, 0.15) is 17.4 Å². The fraction of sp³-hybridized carbons (Fsp3) is 0.364. The molecule has 2 N–H and O–H groups in total. The SMILES string of the molecule is CCNC(=NCc1ccc(OC)c(C(=O)OC)c1)NCC(C)Oc1ccccc1F.I. The number of halogens is 2. The third kappa shape index (κ3) is 8.23. The van der Waals surface area contributed by atoms with Gasteiger partial charge in [0.05, 0.1) is 27.3 Å². The van der Waals surface area contributed by atoms with E-state index in [2.05, 4.69) is 15.6 Å². The molecule has 0 aromatic heterocycles. The van der Waals surface area contributed by atoms with E-state index < -0.39 is 11.8 Å². The smallest absolute Gasteiger partial charge is 0.341 e. The molecule has 0 amide bonds. The largest absolute Gasteiger partial charge is 0.496 e. The van der Waals surface area contributed by atoms with Crippen molar-refractivity contribution in [3.05, 3.63) is 59.4 Å². The number of nitrogens with zero attached hydrogens (tertiary/aromatic N) is 1. The predicted octanol–water partition coefficient (Wildman–Crippen LogP) is 3.76. The Labute approximate surface area is 199 Å². The van der Waals surface area contributed by atoms with Crippen LogP contribution in [0, 0.1) is 5.82 Å². The van der Waals surface area contributed by atoms with Crippen LogP contribution in [0.3, 0.4) is 0 Å². The van der Waals surface area contributed by atoms with Crippen LogP contribution < -0.4 is 20.1 Å². The fourth-order valence-electron chi connectivity index (χ4n) is 2.67. The number of nitrogens with one attached hydrogen (secondary N) is 2. The van der Waals surface area contributed by atoms with Crippen molar-refractivity contribution in [2.24, 2.45) is 4.99 Å². The molecule has 1 atom stereocenters. The Morgan fingerprint density at radius 2 is 1.87 bits per heavy atom. The standard InChI is InChI=1S/C22H28FN3O4.HI/c1-5-24-22(25-13-15(2)30-20-9-7-6-8-18(20)23)26-14-16-10-11-19(28-3)17(12-16)21(27)29-4;/h6-12,15H,5,13-14H2,1-4H3,(H2,24,25,26);1H. The number of guanidine groups is 1. The minimum Gasteiger partial charge on any atom is -0.496 e. The highest BCUT2D eigenvalue weighted by Crippen LogP contribution is 2.21. The Balaban J connectivity index is 0.00000480. The number of hydrogen-bond donors (Lipinski definition) is 2. The number of rotatable bonds is 9. The Morgan fingerprint density at radius 3 is 2.52 bits per heavy atom. The fourth-order valence-corrected chi connectivity index (χ4v) is 2.67. The van der Waals surface area contributed by atoms with Gasteiger partial charge in [-0.3, -0.25) is 0 Å². The molecule has 9 heteroatoms. The van der Waals surface area contributed by atoms with Crippen LogP contribution in [-0.4, -0.2) is 45.3 Å². The van der Waals surface area contributed by atoms with Gasteiger partial charge in [-0.15, -0.1) is 24.0 Å². The zero-order chi connectivity index (χ0) is 21.9. The van der Waals surface area contributed by atoms with Crippen LogP contribution in [0.15, 0.2) is 47.5 Å². The second-order valence-corrected chi connectivity index (χ2v) is 6.46. The number of para-hydroxylation sites is 1. The van der Waals surface area contributed by atoms with Gasteiger partial charge < -0.3 is 24.8 Å². The van der Waals surface area contributed by atoms with Crippen molar-refractivity contribution in [1.82, 2.24) is 10.6 Å². The van der Waals surface area contributed by atoms with E-state index >= 15 is 0 Å². The van der Waals surface area contributed by atoms with Crippen molar-refractivity contribution in [3.63, 3.8) is 0 Å². The van der Waals surface area contributed by atoms with Crippen LogP contribution in [0.4, 0.5) is 4.39 Å². The van der Waals surface area contributed by atoms with E-state index in [1.165, 1.54) is 20.3 Å². The minimum atomic E-state index is -0.471. The van der Waals surface area contributed by atoms with Crippen LogP contribution in [0.5, 0.6) is 11.5 Å². The van der Waals surface area contributed by atoms with Crippen LogP contribution >= 0.6 is 24.0 Å². The lowest BCUT2D eigenvalue weighted by molar-refractivity contribution is 0.0597. The summed E-state index contributed by atoms with van der Waals surface area (Å²) in [5, 5.41) is 6.32. The Hall–Kier alpha value is -2.56. The Kier molecular flexibility index (Phi) is 11.7. The first-order valence-corrected chi connectivity index (χ1v) is 9.67. The molecule has 0 aliphatic rings. The summed E-state index contributed by atoms with van der Waals surface area (Å²) in [6, 6.07) is 11.5. The Morgan fingerprint density at radius 1 is 1.13 bits per heavy atom. The molecule has 0 spiro atoms. The van der Waals surface area contributed by atoms with E-state index in [1.807, 2.05) is 19.9 Å². The molecule has 0 aliphatic heterocycles. The molecule has 0 bridgehead atoms. The Bertz CT molecular complexity index is 880. The lowest BCUT2D eigenvalue weighted by atomic mass is 10.1. The van der Waals surface area contributed by atoms with Crippen molar-refractivity contribution in [2.75, 3.05) is 27.3 Å². The second-order valence-electron chi connectivity index (χ2n) is 6.46. The molecule has 1 unspecified atom stereocenters. The van der Waals surface area contributed by atoms with E-state index in [4.69, 9.17) is 14.2 Å². The maximum Gasteiger partial charge on any atom is 0.341 e. The highest BCUT2D eigenvalue weighted by molar-refractivity contribution is 14.0. The zero-order valence-corrected chi connectivity index (χ0v) is 20.4. The third-order valence-corrected chi connectivity index (χ3v) is 4.15. The van der Waals surface area contributed by atoms with Crippen molar-refractivity contribution in [1.29, 1.82) is 0 Å². The van der Waals surface area contributed by atoms with Gasteiger partial charge in [-0.1, -0.05) is 18.2 Å². The molecule has 0 fully saturated rings. The summed E-state index contributed by atoms with van der Waals surface area (Å²) >= 11 is 0. The van der Waals surface area contributed by atoms with Gasteiger partial charge >= 0.3 is 5.97 Å². The number of hydrogen-bond acceptors (Lipinski definition) is 5. The van der Waals surface area contributed by atoms with Gasteiger partial charge in [-0.25, -0.2) is 14.2 Å². The van der Waals surface area contributed by atoms with Gasteiger partial charge in [-0.05, 0) is 43.7 Å². The molecular formula is C22H29FIN3O4.